The number of methoxy groups -OCH3 is 1. The Bertz CT molecular complexity index is 484. The second kappa shape index (κ2) is 7.60. The van der Waals surface area contributed by atoms with Crippen LogP contribution in [0.4, 0.5) is 0 Å². The molecule has 0 unspecified atom stereocenters. The number of nitrogens with zero attached hydrogens (tertiary/aromatic N) is 1. The van der Waals surface area contributed by atoms with E-state index in [-0.39, 0.29) is 0 Å². The third-order valence-electron chi connectivity index (χ3n) is 2.91. The maximum atomic E-state index is 9.08. The van der Waals surface area contributed by atoms with Crippen LogP contribution in [0, 0.1) is 11.3 Å². The molecular weight excluding hydrogens is 236 g/mol. The van der Waals surface area contributed by atoms with E-state index in [1.807, 2.05) is 18.2 Å². The molecule has 0 saturated carbocycles. The smallest absolute Gasteiger partial charge is 0.136 e. The zero-order chi connectivity index (χ0) is 14.3. The molecule has 3 nitrogen and oxygen atoms in total. The lowest BCUT2D eigenvalue weighted by Crippen LogP contribution is -2.24. The number of benzene rings is 1. The van der Waals surface area contributed by atoms with E-state index in [4.69, 9.17) is 10.00 Å². The Labute approximate surface area is 115 Å². The molecule has 0 heterocycles. The first kappa shape index (κ1) is 15.3. The van der Waals surface area contributed by atoms with Crippen molar-refractivity contribution >= 4 is 6.08 Å². The molecule has 3 heteroatoms. The molecule has 1 aromatic carbocycles. The molecule has 102 valence electrons. The van der Waals surface area contributed by atoms with Gasteiger partial charge in [-0.1, -0.05) is 38.5 Å². The van der Waals surface area contributed by atoms with Gasteiger partial charge in [-0.3, -0.25) is 0 Å². The second-order valence-corrected chi connectivity index (χ2v) is 4.76. The first-order valence-corrected chi connectivity index (χ1v) is 6.61. The molecule has 1 aromatic rings. The van der Waals surface area contributed by atoms with Crippen molar-refractivity contribution < 1.29 is 4.74 Å². The van der Waals surface area contributed by atoms with Gasteiger partial charge in [-0.25, -0.2) is 0 Å². The van der Waals surface area contributed by atoms with Crippen LogP contribution in [-0.4, -0.2) is 19.7 Å². The van der Waals surface area contributed by atoms with Gasteiger partial charge in [-0.05, 0) is 24.1 Å². The molecule has 1 rings (SSSR count). The van der Waals surface area contributed by atoms with E-state index in [0.29, 0.717) is 17.4 Å². The minimum atomic E-state index is 0.473. The topological polar surface area (TPSA) is 45.0 Å². The molecule has 0 amide bonds. The first-order chi connectivity index (χ1) is 9.10. The minimum absolute atomic E-state index is 0.473. The number of hydrogen-bond donors (Lipinski definition) is 1. The number of rotatable bonds is 6. The van der Waals surface area contributed by atoms with E-state index in [1.54, 1.807) is 7.11 Å². The molecule has 0 aromatic heterocycles. The van der Waals surface area contributed by atoms with Gasteiger partial charge in [-0.15, -0.1) is 0 Å². The molecule has 0 aliphatic rings. The predicted molar refractivity (Wildman–Crippen MR) is 79.1 cm³/mol. The fourth-order valence-corrected chi connectivity index (χ4v) is 1.75. The third-order valence-corrected chi connectivity index (χ3v) is 2.91. The van der Waals surface area contributed by atoms with Crippen molar-refractivity contribution in [1.29, 1.82) is 5.26 Å². The van der Waals surface area contributed by atoms with Crippen molar-refractivity contribution in [3.05, 3.63) is 34.9 Å². The summed E-state index contributed by atoms with van der Waals surface area (Å²) in [5.74, 6) is 0.623. The molecule has 1 N–H and O–H groups in total. The second-order valence-electron chi connectivity index (χ2n) is 4.76. The average Bonchev–Trinajstić information content (AvgIpc) is 2.42. The Balaban J connectivity index is 2.93. The van der Waals surface area contributed by atoms with Crippen molar-refractivity contribution in [2.24, 2.45) is 0 Å². The highest BCUT2D eigenvalue weighted by Crippen LogP contribution is 2.20. The molecule has 0 aliphatic carbocycles. The summed E-state index contributed by atoms with van der Waals surface area (Å²) < 4.78 is 5.15. The van der Waals surface area contributed by atoms with Gasteiger partial charge in [0.2, 0.25) is 0 Å². The number of hydrogen-bond acceptors (Lipinski definition) is 3. The van der Waals surface area contributed by atoms with Crippen LogP contribution >= 0.6 is 0 Å². The Morgan fingerprint density at radius 1 is 1.47 bits per heavy atom. The van der Waals surface area contributed by atoms with E-state index in [9.17, 15) is 0 Å². The molecule has 0 spiro atoms. The Morgan fingerprint density at radius 2 is 2.21 bits per heavy atom. The van der Waals surface area contributed by atoms with Gasteiger partial charge in [-0.2, -0.15) is 5.26 Å². The van der Waals surface area contributed by atoms with Crippen molar-refractivity contribution in [2.75, 3.05) is 13.7 Å². The highest BCUT2D eigenvalue weighted by molar-refractivity contribution is 5.58. The predicted octanol–water partition coefficient (Wildman–Crippen LogP) is 3.36. The van der Waals surface area contributed by atoms with E-state index in [2.05, 4.69) is 38.2 Å². The lowest BCUT2D eigenvalue weighted by atomic mass is 10.1. The monoisotopic (exact) mass is 258 g/mol. The van der Waals surface area contributed by atoms with Crippen molar-refractivity contribution in [1.82, 2.24) is 5.32 Å². The van der Waals surface area contributed by atoms with Gasteiger partial charge in [0.1, 0.15) is 11.8 Å². The summed E-state index contributed by atoms with van der Waals surface area (Å²) in [6.45, 7) is 7.29. The van der Waals surface area contributed by atoms with Crippen LogP contribution in [0.5, 0.6) is 5.75 Å². The van der Waals surface area contributed by atoms with E-state index in [0.717, 1.165) is 18.5 Å². The lowest BCUT2D eigenvalue weighted by Gasteiger charge is -2.10. The fourth-order valence-electron chi connectivity index (χ4n) is 1.75. The summed E-state index contributed by atoms with van der Waals surface area (Å²) in [7, 11) is 1.58. The maximum absolute atomic E-state index is 9.08. The van der Waals surface area contributed by atoms with Crippen LogP contribution in [-0.2, 0) is 0 Å². The SMILES string of the molecule is CCC(=Cc1ccc(OC)c(C#N)c1)CNC(C)C. The van der Waals surface area contributed by atoms with Gasteiger partial charge < -0.3 is 10.1 Å². The van der Waals surface area contributed by atoms with Crippen LogP contribution in [0.2, 0.25) is 0 Å². The van der Waals surface area contributed by atoms with Gasteiger partial charge in [0, 0.05) is 12.6 Å². The largest absolute Gasteiger partial charge is 0.495 e. The Hall–Kier alpha value is -1.79. The summed E-state index contributed by atoms with van der Waals surface area (Å²) in [6, 6.07) is 8.31. The van der Waals surface area contributed by atoms with Gasteiger partial charge >= 0.3 is 0 Å². The van der Waals surface area contributed by atoms with Gasteiger partial charge in [0.15, 0.2) is 0 Å². The lowest BCUT2D eigenvalue weighted by molar-refractivity contribution is 0.413. The van der Waals surface area contributed by atoms with Crippen LogP contribution < -0.4 is 10.1 Å². The Kier molecular flexibility index (Phi) is 6.11. The summed E-state index contributed by atoms with van der Waals surface area (Å²) >= 11 is 0. The van der Waals surface area contributed by atoms with Crippen LogP contribution in [0.15, 0.2) is 23.8 Å². The third kappa shape index (κ3) is 4.76. The van der Waals surface area contributed by atoms with Gasteiger partial charge in [0.25, 0.3) is 0 Å². The average molecular weight is 258 g/mol. The standard InChI is InChI=1S/C16H22N2O/c1-5-13(11-18-12(2)3)8-14-6-7-16(19-4)15(9-14)10-17/h6-9,12,18H,5,11H2,1-4H3. The minimum Gasteiger partial charge on any atom is -0.495 e. The molecular formula is C16H22N2O. The number of ether oxygens (including phenoxy) is 1. The molecule has 0 radical (unpaired) electrons. The molecule has 0 saturated heterocycles. The van der Waals surface area contributed by atoms with E-state index >= 15 is 0 Å². The van der Waals surface area contributed by atoms with Crippen molar-refractivity contribution in [2.45, 2.75) is 33.2 Å². The van der Waals surface area contributed by atoms with Crippen LogP contribution in [0.3, 0.4) is 0 Å². The summed E-state index contributed by atoms with van der Waals surface area (Å²) in [5.41, 5.74) is 2.94. The van der Waals surface area contributed by atoms with E-state index in [1.165, 1.54) is 5.57 Å². The van der Waals surface area contributed by atoms with Crippen LogP contribution in [0.1, 0.15) is 38.3 Å². The molecule has 0 atom stereocenters. The van der Waals surface area contributed by atoms with Crippen molar-refractivity contribution in [3.63, 3.8) is 0 Å². The number of nitriles is 1. The summed E-state index contributed by atoms with van der Waals surface area (Å²) in [5, 5.41) is 12.5. The zero-order valence-corrected chi connectivity index (χ0v) is 12.2. The Morgan fingerprint density at radius 3 is 2.74 bits per heavy atom. The summed E-state index contributed by atoms with van der Waals surface area (Å²) in [6.07, 6.45) is 3.13. The van der Waals surface area contributed by atoms with Gasteiger partial charge in [0.05, 0.1) is 12.7 Å². The molecule has 0 bridgehead atoms. The zero-order valence-electron chi connectivity index (χ0n) is 12.2. The fraction of sp³-hybridized carbons (Fsp3) is 0.438. The highest BCUT2D eigenvalue weighted by Gasteiger charge is 2.03. The number of nitrogens with one attached hydrogen (secondary N) is 1. The normalized spacial score (nSPS) is 11.5. The maximum Gasteiger partial charge on any atom is 0.136 e. The molecule has 19 heavy (non-hydrogen) atoms. The van der Waals surface area contributed by atoms with Crippen LogP contribution in [0.25, 0.3) is 6.08 Å². The first-order valence-electron chi connectivity index (χ1n) is 6.61. The van der Waals surface area contributed by atoms with E-state index < -0.39 is 0 Å². The summed E-state index contributed by atoms with van der Waals surface area (Å²) in [4.78, 5) is 0. The quantitative estimate of drug-likeness (QED) is 0.851. The molecule has 0 fully saturated rings. The molecule has 0 aliphatic heterocycles. The highest BCUT2D eigenvalue weighted by atomic mass is 16.5. The van der Waals surface area contributed by atoms with Crippen molar-refractivity contribution in [3.8, 4) is 11.8 Å².